The maximum Gasteiger partial charge on any atom is 0.310 e. The van der Waals surface area contributed by atoms with Gasteiger partial charge in [0.05, 0.1) is 11.5 Å². The van der Waals surface area contributed by atoms with Crippen LogP contribution in [0, 0.1) is 5.41 Å². The highest BCUT2D eigenvalue weighted by Crippen LogP contribution is 2.12. The van der Waals surface area contributed by atoms with Crippen molar-refractivity contribution in [3.8, 4) is 0 Å². The number of rotatable bonds is 6. The van der Waals surface area contributed by atoms with Crippen LogP contribution in [0.1, 0.15) is 20.3 Å². The van der Waals surface area contributed by atoms with Gasteiger partial charge in [-0.15, -0.1) is 6.58 Å². The lowest BCUT2D eigenvalue weighted by Crippen LogP contribution is -2.45. The van der Waals surface area contributed by atoms with Gasteiger partial charge in [-0.2, -0.15) is 0 Å². The Morgan fingerprint density at radius 1 is 1.60 bits per heavy atom. The summed E-state index contributed by atoms with van der Waals surface area (Å²) < 4.78 is 0. The number of carbonyl (C=O) groups is 2. The molecule has 0 saturated heterocycles. The van der Waals surface area contributed by atoms with E-state index < -0.39 is 17.4 Å². The Hall–Kier alpha value is -1.36. The molecule has 0 rings (SSSR count). The Kier molecular flexibility index (Phi) is 5.00. The van der Waals surface area contributed by atoms with Crippen molar-refractivity contribution in [2.75, 3.05) is 6.54 Å². The van der Waals surface area contributed by atoms with Crippen molar-refractivity contribution in [2.24, 2.45) is 11.1 Å². The molecule has 1 unspecified atom stereocenters. The SMILES string of the molecule is C=CCC(N)C(=O)NCC(C)(C)C(=O)O. The summed E-state index contributed by atoms with van der Waals surface area (Å²) in [5.74, 6) is -1.32. The van der Waals surface area contributed by atoms with Crippen LogP contribution in [-0.4, -0.2) is 29.6 Å². The van der Waals surface area contributed by atoms with Gasteiger partial charge in [-0.25, -0.2) is 0 Å². The molecule has 5 nitrogen and oxygen atoms in total. The third-order valence-electron chi connectivity index (χ3n) is 2.04. The number of aliphatic carboxylic acids is 1. The fourth-order valence-corrected chi connectivity index (χ4v) is 0.801. The molecule has 0 bridgehead atoms. The normalized spacial score (nSPS) is 13.0. The largest absolute Gasteiger partial charge is 0.481 e. The molecule has 0 aliphatic heterocycles. The van der Waals surface area contributed by atoms with Crippen LogP contribution >= 0.6 is 0 Å². The third kappa shape index (κ3) is 4.60. The molecule has 0 aliphatic carbocycles. The molecule has 86 valence electrons. The molecule has 4 N–H and O–H groups in total. The lowest BCUT2D eigenvalue weighted by molar-refractivity contribution is -0.146. The average Bonchev–Trinajstić information content (AvgIpc) is 2.14. The van der Waals surface area contributed by atoms with Crippen molar-refractivity contribution in [1.82, 2.24) is 5.32 Å². The second-order valence-corrected chi connectivity index (χ2v) is 4.04. The Labute approximate surface area is 89.3 Å². The molecule has 0 heterocycles. The van der Waals surface area contributed by atoms with E-state index in [-0.39, 0.29) is 12.5 Å². The monoisotopic (exact) mass is 214 g/mol. The smallest absolute Gasteiger partial charge is 0.310 e. The average molecular weight is 214 g/mol. The van der Waals surface area contributed by atoms with Gasteiger partial charge in [0.15, 0.2) is 0 Å². The van der Waals surface area contributed by atoms with Gasteiger partial charge in [0.25, 0.3) is 0 Å². The summed E-state index contributed by atoms with van der Waals surface area (Å²) in [7, 11) is 0. The minimum Gasteiger partial charge on any atom is -0.481 e. The molecule has 5 heteroatoms. The number of amides is 1. The first-order valence-corrected chi connectivity index (χ1v) is 4.69. The van der Waals surface area contributed by atoms with E-state index in [9.17, 15) is 9.59 Å². The van der Waals surface area contributed by atoms with Crippen LogP contribution in [0.4, 0.5) is 0 Å². The lowest BCUT2D eigenvalue weighted by atomic mass is 9.94. The van der Waals surface area contributed by atoms with Crippen LogP contribution in [0.2, 0.25) is 0 Å². The van der Waals surface area contributed by atoms with Gasteiger partial charge in [-0.3, -0.25) is 9.59 Å². The maximum absolute atomic E-state index is 11.3. The Bertz CT molecular complexity index is 261. The van der Waals surface area contributed by atoms with E-state index in [1.807, 2.05) is 0 Å². The summed E-state index contributed by atoms with van der Waals surface area (Å²) in [6.45, 7) is 6.60. The van der Waals surface area contributed by atoms with Crippen molar-refractivity contribution in [1.29, 1.82) is 0 Å². The number of hydrogen-bond donors (Lipinski definition) is 3. The van der Waals surface area contributed by atoms with Gasteiger partial charge in [0, 0.05) is 6.54 Å². The molecule has 0 aromatic heterocycles. The number of nitrogens with one attached hydrogen (secondary N) is 1. The summed E-state index contributed by atoms with van der Waals surface area (Å²) in [5.41, 5.74) is 4.52. The topological polar surface area (TPSA) is 92.4 Å². The summed E-state index contributed by atoms with van der Waals surface area (Å²) in [6.07, 6.45) is 1.92. The Morgan fingerprint density at radius 2 is 2.13 bits per heavy atom. The van der Waals surface area contributed by atoms with E-state index >= 15 is 0 Å². The predicted molar refractivity (Wildman–Crippen MR) is 57.2 cm³/mol. The van der Waals surface area contributed by atoms with Gasteiger partial charge in [-0.05, 0) is 20.3 Å². The molecule has 0 spiro atoms. The zero-order valence-corrected chi connectivity index (χ0v) is 9.12. The molecule has 0 saturated carbocycles. The van der Waals surface area contributed by atoms with E-state index in [0.29, 0.717) is 6.42 Å². The van der Waals surface area contributed by atoms with E-state index in [1.165, 1.54) is 13.8 Å². The fourth-order valence-electron chi connectivity index (χ4n) is 0.801. The molecule has 0 fully saturated rings. The van der Waals surface area contributed by atoms with E-state index in [4.69, 9.17) is 10.8 Å². The van der Waals surface area contributed by atoms with Crippen molar-refractivity contribution >= 4 is 11.9 Å². The molecule has 0 aromatic carbocycles. The van der Waals surface area contributed by atoms with Gasteiger partial charge in [0.2, 0.25) is 5.91 Å². The number of carbonyl (C=O) groups excluding carboxylic acids is 1. The predicted octanol–water partition coefficient (Wildman–Crippen LogP) is 0.117. The standard InChI is InChI=1S/C10H18N2O3/c1-4-5-7(11)8(13)12-6-10(2,3)9(14)15/h4,7H,1,5-6,11H2,2-3H3,(H,12,13)(H,14,15). The Morgan fingerprint density at radius 3 is 2.53 bits per heavy atom. The molecule has 1 amide bonds. The highest BCUT2D eigenvalue weighted by Gasteiger charge is 2.28. The molecule has 0 aromatic rings. The number of carboxylic acid groups (broad SMARTS) is 1. The molecular formula is C10H18N2O3. The highest BCUT2D eigenvalue weighted by atomic mass is 16.4. The van der Waals surface area contributed by atoms with Crippen molar-refractivity contribution in [3.63, 3.8) is 0 Å². The van der Waals surface area contributed by atoms with Crippen LogP contribution < -0.4 is 11.1 Å². The number of carboxylic acids is 1. The van der Waals surface area contributed by atoms with Crippen LogP contribution in [-0.2, 0) is 9.59 Å². The molecule has 0 radical (unpaired) electrons. The van der Waals surface area contributed by atoms with Gasteiger partial charge < -0.3 is 16.2 Å². The van der Waals surface area contributed by atoms with Gasteiger partial charge >= 0.3 is 5.97 Å². The first kappa shape index (κ1) is 13.6. The summed E-state index contributed by atoms with van der Waals surface area (Å²) in [6, 6.07) is -0.660. The molecular weight excluding hydrogens is 196 g/mol. The van der Waals surface area contributed by atoms with Crippen molar-refractivity contribution < 1.29 is 14.7 Å². The zero-order valence-electron chi connectivity index (χ0n) is 9.12. The lowest BCUT2D eigenvalue weighted by Gasteiger charge is -2.20. The van der Waals surface area contributed by atoms with Crippen LogP contribution in [0.25, 0.3) is 0 Å². The molecule has 0 aliphatic rings. The first-order valence-electron chi connectivity index (χ1n) is 4.69. The second kappa shape index (κ2) is 5.50. The number of hydrogen-bond acceptors (Lipinski definition) is 3. The van der Waals surface area contributed by atoms with Crippen LogP contribution in [0.15, 0.2) is 12.7 Å². The van der Waals surface area contributed by atoms with Gasteiger partial charge in [-0.1, -0.05) is 6.08 Å². The Balaban J connectivity index is 4.11. The number of nitrogens with two attached hydrogens (primary N) is 1. The summed E-state index contributed by atoms with van der Waals surface area (Å²) in [5, 5.41) is 11.3. The van der Waals surface area contributed by atoms with Gasteiger partial charge in [0.1, 0.15) is 0 Å². The van der Waals surface area contributed by atoms with E-state index in [0.717, 1.165) is 0 Å². The third-order valence-corrected chi connectivity index (χ3v) is 2.04. The quantitative estimate of drug-likeness (QED) is 0.547. The summed E-state index contributed by atoms with van der Waals surface area (Å²) >= 11 is 0. The fraction of sp³-hybridized carbons (Fsp3) is 0.600. The molecule has 1 atom stereocenters. The van der Waals surface area contributed by atoms with Crippen molar-refractivity contribution in [2.45, 2.75) is 26.3 Å². The molecule has 15 heavy (non-hydrogen) atoms. The second-order valence-electron chi connectivity index (χ2n) is 4.04. The zero-order chi connectivity index (χ0) is 12.1. The van der Waals surface area contributed by atoms with Crippen LogP contribution in [0.3, 0.4) is 0 Å². The minimum atomic E-state index is -0.983. The highest BCUT2D eigenvalue weighted by molar-refractivity contribution is 5.82. The minimum absolute atomic E-state index is 0.0615. The maximum atomic E-state index is 11.3. The van der Waals surface area contributed by atoms with E-state index in [2.05, 4.69) is 11.9 Å². The van der Waals surface area contributed by atoms with E-state index in [1.54, 1.807) is 6.08 Å². The van der Waals surface area contributed by atoms with Crippen molar-refractivity contribution in [3.05, 3.63) is 12.7 Å². The van der Waals surface area contributed by atoms with Crippen LogP contribution in [0.5, 0.6) is 0 Å². The summed E-state index contributed by atoms with van der Waals surface area (Å²) in [4.78, 5) is 22.1. The first-order chi connectivity index (χ1) is 6.81.